The van der Waals surface area contributed by atoms with Crippen molar-refractivity contribution in [3.8, 4) is 0 Å². The van der Waals surface area contributed by atoms with E-state index in [4.69, 9.17) is 4.74 Å². The van der Waals surface area contributed by atoms with Gasteiger partial charge in [-0.3, -0.25) is 0 Å². The molecule has 1 aliphatic rings. The molecule has 1 unspecified atom stereocenters. The largest absolute Gasteiger partial charge is 0.724 e. The summed E-state index contributed by atoms with van der Waals surface area (Å²) in [5.41, 5.74) is 0. The van der Waals surface area contributed by atoms with Gasteiger partial charge in [-0.15, -0.1) is 0 Å². The zero-order valence-corrected chi connectivity index (χ0v) is 6.73. The van der Waals surface area contributed by atoms with Gasteiger partial charge in [0, 0.05) is 0 Å². The molecule has 1 rings (SSSR count). The fraction of sp³-hybridized carbons (Fsp3) is 1.00. The second-order valence-electron chi connectivity index (χ2n) is 2.57. The lowest BCUT2D eigenvalue weighted by Gasteiger charge is -2.37. The molecule has 1 heterocycles. The van der Waals surface area contributed by atoms with Gasteiger partial charge in [0.15, 0.2) is 0 Å². The predicted octanol–water partition coefficient (Wildman–Crippen LogP) is -0.743. The van der Waals surface area contributed by atoms with Crippen molar-refractivity contribution in [2.45, 2.75) is 0 Å². The highest BCUT2D eigenvalue weighted by molar-refractivity contribution is 7.73. The minimum Gasteiger partial charge on any atom is -0.724 e. The van der Waals surface area contributed by atoms with Crippen molar-refractivity contribution in [3.63, 3.8) is 0 Å². The molecule has 0 bridgehead atoms. The van der Waals surface area contributed by atoms with Gasteiger partial charge in [-0.25, -0.2) is 8.10 Å². The summed E-state index contributed by atoms with van der Waals surface area (Å²) in [5.74, 6) is 0. The van der Waals surface area contributed by atoms with Crippen molar-refractivity contribution in [2.24, 2.45) is 0 Å². The molecule has 0 saturated carbocycles. The maximum Gasteiger partial charge on any atom is 0.148 e. The first-order chi connectivity index (χ1) is 4.65. The minimum absolute atomic E-state index is 0.0972. The van der Waals surface area contributed by atoms with E-state index in [2.05, 4.69) is 0 Å². The van der Waals surface area contributed by atoms with Crippen LogP contribution in [0.1, 0.15) is 0 Å². The Balaban J connectivity index is 2.56. The van der Waals surface area contributed by atoms with Crippen LogP contribution in [0.25, 0.3) is 0 Å². The molecule has 5 heteroatoms. The smallest absolute Gasteiger partial charge is 0.148 e. The molecular weight excluding hydrogens is 154 g/mol. The quantitative estimate of drug-likeness (QED) is 0.380. The van der Waals surface area contributed by atoms with Gasteiger partial charge in [-0.1, -0.05) is 0 Å². The average Bonchev–Trinajstić information content (AvgIpc) is 1.89. The van der Waals surface area contributed by atoms with Gasteiger partial charge in [0.2, 0.25) is 0 Å². The number of hydrogen-bond donors (Lipinski definition) is 0. The van der Waals surface area contributed by atoms with Crippen LogP contribution in [-0.2, 0) is 16.0 Å². The first kappa shape index (κ1) is 8.13. The molecule has 0 aromatic carbocycles. The summed E-state index contributed by atoms with van der Waals surface area (Å²) in [6.45, 7) is 2.22. The summed E-state index contributed by atoms with van der Waals surface area (Å²) >= 11 is -2.01. The number of quaternary nitrogens is 1. The minimum atomic E-state index is -2.01. The van der Waals surface area contributed by atoms with Crippen LogP contribution >= 0.6 is 0 Å². The lowest BCUT2D eigenvalue weighted by molar-refractivity contribution is -0.795. The normalized spacial score (nSPS) is 27.8. The Morgan fingerprint density at radius 2 is 2.00 bits per heavy atom. The lowest BCUT2D eigenvalue weighted by Crippen LogP contribution is -2.52. The maximum atomic E-state index is 10.6. The van der Waals surface area contributed by atoms with E-state index in [-0.39, 0.29) is 3.89 Å². The molecule has 0 radical (unpaired) electrons. The highest BCUT2D eigenvalue weighted by Gasteiger charge is 2.26. The van der Waals surface area contributed by atoms with Crippen LogP contribution in [0.3, 0.4) is 0 Å². The number of likely N-dealkylation sites (N-methyl/N-ethyl adjacent to an activating group) is 1. The van der Waals surface area contributed by atoms with Gasteiger partial charge >= 0.3 is 0 Å². The molecule has 0 aliphatic carbocycles. The second-order valence-corrected chi connectivity index (χ2v) is 3.89. The third-order valence-electron chi connectivity index (χ3n) is 1.78. The van der Waals surface area contributed by atoms with Crippen LogP contribution in [0, 0.1) is 0 Å². The topological polar surface area (TPSA) is 49.4 Å². The van der Waals surface area contributed by atoms with E-state index >= 15 is 0 Å². The Kier molecular flexibility index (Phi) is 2.40. The SMILES string of the molecule is C[N+]1(S(=O)[O-])CCOCC1. The molecule has 10 heavy (non-hydrogen) atoms. The fourth-order valence-electron chi connectivity index (χ4n) is 0.878. The van der Waals surface area contributed by atoms with E-state index in [1.165, 1.54) is 0 Å². The molecule has 4 nitrogen and oxygen atoms in total. The third kappa shape index (κ3) is 1.54. The van der Waals surface area contributed by atoms with E-state index in [1.54, 1.807) is 7.05 Å². The van der Waals surface area contributed by atoms with Gasteiger partial charge in [0.05, 0.1) is 20.3 Å². The van der Waals surface area contributed by atoms with Crippen LogP contribution in [0.4, 0.5) is 0 Å². The predicted molar refractivity (Wildman–Crippen MR) is 35.7 cm³/mol. The number of hydrogen-bond acceptors (Lipinski definition) is 3. The highest BCUT2D eigenvalue weighted by Crippen LogP contribution is 2.08. The summed E-state index contributed by atoms with van der Waals surface area (Å²) in [4.78, 5) is 0. The maximum absolute atomic E-state index is 10.6. The zero-order valence-electron chi connectivity index (χ0n) is 5.91. The van der Waals surface area contributed by atoms with E-state index in [0.29, 0.717) is 26.3 Å². The summed E-state index contributed by atoms with van der Waals surface area (Å²) in [5, 5.41) is 0. The van der Waals surface area contributed by atoms with E-state index in [9.17, 15) is 8.76 Å². The van der Waals surface area contributed by atoms with Crippen molar-refractivity contribution in [1.82, 2.24) is 0 Å². The highest BCUT2D eigenvalue weighted by atomic mass is 32.2. The second kappa shape index (κ2) is 2.96. The van der Waals surface area contributed by atoms with Gasteiger partial charge in [-0.2, -0.15) is 0 Å². The Bertz CT molecular complexity index is 144. The van der Waals surface area contributed by atoms with Crippen LogP contribution in [0.5, 0.6) is 0 Å². The molecule has 0 aromatic heterocycles. The average molecular weight is 165 g/mol. The molecule has 0 aromatic rings. The number of nitrogens with zero attached hydrogens (tertiary/aromatic N) is 1. The molecule has 1 aliphatic heterocycles. The standard InChI is InChI=1S/C5H11NO3S/c1-6(10(7)8)2-4-9-5-3-6/h2-5H2,1H3. The first-order valence-electron chi connectivity index (χ1n) is 3.17. The molecule has 0 N–H and O–H groups in total. The van der Waals surface area contributed by atoms with Crippen LogP contribution in [-0.4, -0.2) is 46.0 Å². The van der Waals surface area contributed by atoms with Gasteiger partial charge in [0.1, 0.15) is 24.4 Å². The Morgan fingerprint density at radius 3 is 2.30 bits per heavy atom. The molecule has 1 fully saturated rings. The van der Waals surface area contributed by atoms with Crippen LogP contribution in [0.2, 0.25) is 0 Å². The van der Waals surface area contributed by atoms with E-state index in [0.717, 1.165) is 0 Å². The summed E-state index contributed by atoms with van der Waals surface area (Å²) in [7, 11) is 1.70. The van der Waals surface area contributed by atoms with Gasteiger partial charge in [-0.05, 0) is 0 Å². The molecule has 0 spiro atoms. The number of morpholine rings is 1. The summed E-state index contributed by atoms with van der Waals surface area (Å²) in [6, 6.07) is 0. The number of ether oxygens (including phenoxy) is 1. The monoisotopic (exact) mass is 165 g/mol. The molecule has 1 saturated heterocycles. The van der Waals surface area contributed by atoms with Gasteiger partial charge in [0.25, 0.3) is 0 Å². The van der Waals surface area contributed by atoms with Crippen LogP contribution in [0.15, 0.2) is 0 Å². The van der Waals surface area contributed by atoms with Crippen molar-refractivity contribution < 1.29 is 17.4 Å². The van der Waals surface area contributed by atoms with E-state index < -0.39 is 11.3 Å². The Labute approximate surface area is 62.8 Å². The van der Waals surface area contributed by atoms with Crippen LogP contribution < -0.4 is 0 Å². The lowest BCUT2D eigenvalue weighted by atomic mass is 10.5. The molecule has 1 atom stereocenters. The zero-order chi connectivity index (χ0) is 7.61. The third-order valence-corrected chi connectivity index (χ3v) is 2.86. The number of rotatable bonds is 1. The summed E-state index contributed by atoms with van der Waals surface area (Å²) in [6.07, 6.45) is 0. The molecular formula is C5H11NO3S. The van der Waals surface area contributed by atoms with Gasteiger partial charge < -0.3 is 9.29 Å². The van der Waals surface area contributed by atoms with Crippen molar-refractivity contribution >= 4 is 11.3 Å². The Morgan fingerprint density at radius 1 is 1.50 bits per heavy atom. The first-order valence-corrected chi connectivity index (χ1v) is 4.20. The fourth-order valence-corrected chi connectivity index (χ4v) is 1.33. The van der Waals surface area contributed by atoms with Crippen molar-refractivity contribution in [2.75, 3.05) is 33.4 Å². The molecule has 60 valence electrons. The van der Waals surface area contributed by atoms with E-state index in [1.807, 2.05) is 0 Å². The summed E-state index contributed by atoms with van der Waals surface area (Å²) < 4.78 is 26.3. The van der Waals surface area contributed by atoms with Crippen molar-refractivity contribution in [3.05, 3.63) is 0 Å². The molecule has 0 amide bonds. The van der Waals surface area contributed by atoms with Crippen molar-refractivity contribution in [1.29, 1.82) is 0 Å². The Hall–Kier alpha value is 0.0300.